The van der Waals surface area contributed by atoms with Gasteiger partial charge in [-0.15, -0.1) is 0 Å². The highest BCUT2D eigenvalue weighted by Crippen LogP contribution is 2.44. The van der Waals surface area contributed by atoms with Crippen LogP contribution in [-0.2, 0) is 24.3 Å². The molecule has 3 heterocycles. The number of anilines is 2. The number of benzene rings is 3. The van der Waals surface area contributed by atoms with Gasteiger partial charge in [-0.3, -0.25) is 24.6 Å². The molecule has 0 unspecified atom stereocenters. The average Bonchev–Trinajstić information content (AvgIpc) is 3.93. The molecule has 9 rings (SSSR count). The lowest BCUT2D eigenvalue weighted by Gasteiger charge is -2.39. The van der Waals surface area contributed by atoms with Gasteiger partial charge in [0.2, 0.25) is 5.91 Å². The van der Waals surface area contributed by atoms with Crippen molar-refractivity contribution in [3.05, 3.63) is 117 Å². The minimum atomic E-state index is -4.62. The van der Waals surface area contributed by atoms with Gasteiger partial charge >= 0.3 is 0 Å². The Labute approximate surface area is 463 Å². The summed E-state index contributed by atoms with van der Waals surface area (Å²) in [5, 5.41) is 19.9. The third-order valence-electron chi connectivity index (χ3n) is 16.1. The molecule has 4 N–H and O–H groups in total. The van der Waals surface area contributed by atoms with Crippen molar-refractivity contribution >= 4 is 67.1 Å². The molecule has 2 amide bonds. The van der Waals surface area contributed by atoms with E-state index in [0.717, 1.165) is 86.7 Å². The van der Waals surface area contributed by atoms with Gasteiger partial charge in [0.1, 0.15) is 22.8 Å². The van der Waals surface area contributed by atoms with E-state index in [2.05, 4.69) is 61.1 Å². The molecule has 5 aromatic rings. The van der Waals surface area contributed by atoms with Crippen molar-refractivity contribution < 1.29 is 37.1 Å². The Balaban J connectivity index is 0.783. The number of fused-ring (bicyclic) bond motifs is 1. The largest absolute Gasteiger partial charge is 0.455 e. The zero-order valence-corrected chi connectivity index (χ0v) is 46.6. The number of hydrogen-bond acceptors (Lipinski definition) is 13. The van der Waals surface area contributed by atoms with Crippen LogP contribution in [0.25, 0.3) is 16.6 Å². The molecule has 2 saturated carbocycles. The van der Waals surface area contributed by atoms with Crippen LogP contribution in [-0.4, -0.2) is 112 Å². The number of amides is 2. The van der Waals surface area contributed by atoms with Crippen molar-refractivity contribution in [3.8, 4) is 11.5 Å². The minimum absolute atomic E-state index is 0.0603. The topological polar surface area (TPSA) is 210 Å². The molecule has 19 heteroatoms. The van der Waals surface area contributed by atoms with Gasteiger partial charge in [-0.2, -0.15) is 0 Å². The molecule has 3 aliphatic carbocycles. The van der Waals surface area contributed by atoms with Gasteiger partial charge in [0.25, 0.3) is 21.6 Å². The summed E-state index contributed by atoms with van der Waals surface area (Å²) in [5.41, 5.74) is 5.27. The number of H-pyrrole nitrogens is 1. The number of allylic oxidation sites excluding steroid dienone is 1. The number of halogens is 1. The van der Waals surface area contributed by atoms with Crippen LogP contribution in [0.15, 0.2) is 95.7 Å². The molecule has 78 heavy (non-hydrogen) atoms. The summed E-state index contributed by atoms with van der Waals surface area (Å²) < 4.78 is 47.6. The molecular weight excluding hydrogens is 1030 g/mol. The number of sulfonamides is 1. The number of aromatic amines is 1. The summed E-state index contributed by atoms with van der Waals surface area (Å²) >= 11 is 6.26. The molecule has 0 radical (unpaired) electrons. The second kappa shape index (κ2) is 26.3. The van der Waals surface area contributed by atoms with Gasteiger partial charge < -0.3 is 34.7 Å². The van der Waals surface area contributed by atoms with E-state index in [1.54, 1.807) is 24.4 Å². The van der Waals surface area contributed by atoms with Crippen molar-refractivity contribution in [2.75, 3.05) is 82.5 Å². The Bertz CT molecular complexity index is 3000. The number of aromatic nitrogens is 2. The predicted molar refractivity (Wildman–Crippen MR) is 305 cm³/mol. The van der Waals surface area contributed by atoms with Crippen molar-refractivity contribution in [1.29, 1.82) is 0 Å². The molecule has 418 valence electrons. The maximum Gasteiger partial charge on any atom is 0.293 e. The fourth-order valence-electron chi connectivity index (χ4n) is 11.9. The highest BCUT2D eigenvalue weighted by Gasteiger charge is 2.37. The van der Waals surface area contributed by atoms with E-state index in [9.17, 15) is 28.1 Å². The van der Waals surface area contributed by atoms with E-state index in [1.165, 1.54) is 79.6 Å². The zero-order valence-electron chi connectivity index (χ0n) is 45.0. The number of hydrogen-bond donors (Lipinski definition) is 4. The van der Waals surface area contributed by atoms with E-state index >= 15 is 0 Å². The first kappa shape index (κ1) is 56.7. The zero-order chi connectivity index (χ0) is 54.7. The summed E-state index contributed by atoms with van der Waals surface area (Å²) in [5.74, 6) is 0.684. The fraction of sp³-hybridized carbons (Fsp3) is 0.508. The maximum absolute atomic E-state index is 14.1. The number of carbonyl (C=O) groups excluding carboxylic acids is 2. The molecule has 0 bridgehead atoms. The molecule has 0 spiro atoms. The SMILES string of the molecule is CC1(C)CCC(CN2CCN(c3ccc(C(=O)NS(=O)(=O)c4ccc(NCCOCCOCCNC(=O)C(C5CCCCC5)C5CCCCC5)c([N+](=O)[O-])c4)c(Oc4cnc5[nH]ccc5c4)c3)CC2)=C(c2ccc(Cl)cc2)C1. The lowest BCUT2D eigenvalue weighted by atomic mass is 9.69. The van der Waals surface area contributed by atoms with Crippen LogP contribution in [0.5, 0.6) is 11.5 Å². The Kier molecular flexibility index (Phi) is 19.1. The number of nitrogens with one attached hydrogen (secondary N) is 4. The summed E-state index contributed by atoms with van der Waals surface area (Å²) in [6, 6.07) is 20.2. The van der Waals surface area contributed by atoms with Crippen LogP contribution < -0.4 is 25.0 Å². The molecular formula is C59H75ClN8O9S. The Morgan fingerprint density at radius 2 is 1.55 bits per heavy atom. The molecule has 4 aliphatic rings. The van der Waals surface area contributed by atoms with E-state index in [-0.39, 0.29) is 54.0 Å². The molecule has 0 atom stereocenters. The maximum atomic E-state index is 14.1. The Hall–Kier alpha value is -6.05. The quantitative estimate of drug-likeness (QED) is 0.0273. The van der Waals surface area contributed by atoms with Crippen LogP contribution in [0.2, 0.25) is 5.02 Å². The van der Waals surface area contributed by atoms with Crippen molar-refractivity contribution in [2.24, 2.45) is 23.2 Å². The highest BCUT2D eigenvalue weighted by molar-refractivity contribution is 7.90. The first-order valence-corrected chi connectivity index (χ1v) is 29.8. The Morgan fingerprint density at radius 3 is 2.24 bits per heavy atom. The number of nitro benzene ring substituents is 1. The minimum Gasteiger partial charge on any atom is -0.455 e. The fourth-order valence-corrected chi connectivity index (χ4v) is 13.1. The number of nitrogens with zero attached hydrogens (tertiary/aromatic N) is 4. The van der Waals surface area contributed by atoms with Crippen LogP contribution in [0.4, 0.5) is 17.1 Å². The first-order chi connectivity index (χ1) is 37.7. The van der Waals surface area contributed by atoms with Crippen LogP contribution in [0.1, 0.15) is 113 Å². The van der Waals surface area contributed by atoms with Gasteiger partial charge in [0, 0.05) is 86.2 Å². The molecule has 1 aliphatic heterocycles. The van der Waals surface area contributed by atoms with Crippen LogP contribution in [0.3, 0.4) is 0 Å². The highest BCUT2D eigenvalue weighted by atomic mass is 35.5. The summed E-state index contributed by atoms with van der Waals surface area (Å²) in [4.78, 5) is 50.8. The summed E-state index contributed by atoms with van der Waals surface area (Å²) in [6.07, 6.45) is 18.4. The average molecular weight is 1110 g/mol. The first-order valence-electron chi connectivity index (χ1n) is 27.9. The van der Waals surface area contributed by atoms with Gasteiger partial charge in [-0.25, -0.2) is 18.1 Å². The number of piperazine rings is 1. The van der Waals surface area contributed by atoms with E-state index in [0.29, 0.717) is 56.1 Å². The summed E-state index contributed by atoms with van der Waals surface area (Å²) in [7, 11) is -4.62. The second-order valence-corrected chi connectivity index (χ2v) is 24.3. The van der Waals surface area contributed by atoms with Crippen molar-refractivity contribution in [2.45, 2.75) is 102 Å². The monoisotopic (exact) mass is 1110 g/mol. The van der Waals surface area contributed by atoms with Crippen LogP contribution >= 0.6 is 11.6 Å². The van der Waals surface area contributed by atoms with Gasteiger partial charge in [-0.1, -0.05) is 81.7 Å². The smallest absolute Gasteiger partial charge is 0.293 e. The number of rotatable bonds is 23. The Morgan fingerprint density at radius 1 is 0.859 bits per heavy atom. The lowest BCUT2D eigenvalue weighted by molar-refractivity contribution is -0.384. The molecule has 1 saturated heterocycles. The summed E-state index contributed by atoms with van der Waals surface area (Å²) in [6.45, 7) is 10.3. The number of pyridine rings is 1. The van der Waals surface area contributed by atoms with Gasteiger partial charge in [0.05, 0.1) is 48.0 Å². The number of carbonyl (C=O) groups is 2. The van der Waals surface area contributed by atoms with Crippen LogP contribution in [0, 0.1) is 33.3 Å². The predicted octanol–water partition coefficient (Wildman–Crippen LogP) is 11.2. The third kappa shape index (κ3) is 14.8. The third-order valence-corrected chi connectivity index (χ3v) is 17.7. The standard InChI is InChI=1S/C59H75ClN8O9S/c1-59(2)23-21-45(51(38-59)41-13-15-46(60)16-14-41)40-66-27-29-67(30-28-66)47-17-19-50(54(36-47)77-48-35-44-22-24-62-56(44)64-39-48)57(69)65-78(73,74)49-18-20-52(53(37-49)68(71)72)61-25-31-75-33-34-76-32-26-63-58(70)55(42-9-5-3-6-10-42)43-11-7-4-8-12-43/h13-20,22,24,35-37,39,42-43,55,61H,3-12,21,23,25-34,38,40H2,1-2H3,(H,62,64)(H,63,70)(H,65,69). The normalized spacial score (nSPS) is 17.8. The van der Waals surface area contributed by atoms with E-state index < -0.39 is 31.4 Å². The number of nitro groups is 1. The lowest BCUT2D eigenvalue weighted by Crippen LogP contribution is -2.47. The molecule has 3 aromatic carbocycles. The van der Waals surface area contributed by atoms with Crippen molar-refractivity contribution in [3.63, 3.8) is 0 Å². The molecule has 2 aromatic heterocycles. The van der Waals surface area contributed by atoms with Gasteiger partial charge in [-0.05, 0) is 122 Å². The molecule has 17 nitrogen and oxygen atoms in total. The molecule has 3 fully saturated rings. The van der Waals surface area contributed by atoms with E-state index in [4.69, 9.17) is 25.8 Å². The second-order valence-electron chi connectivity index (χ2n) is 22.2. The van der Waals surface area contributed by atoms with Gasteiger partial charge in [0.15, 0.2) is 0 Å². The number of ether oxygens (including phenoxy) is 3. The van der Waals surface area contributed by atoms with Crippen molar-refractivity contribution in [1.82, 2.24) is 24.9 Å². The van der Waals surface area contributed by atoms with E-state index in [1.807, 2.05) is 18.2 Å².